The number of nitrogens with one attached hydrogen (secondary N) is 3. The predicted molar refractivity (Wildman–Crippen MR) is 164 cm³/mol. The molecular formula is C32H20ClF8N3O3S. The molecule has 0 aromatic heterocycles. The number of benzene rings is 4. The highest BCUT2D eigenvalue weighted by molar-refractivity contribution is 8.00. The first kappa shape index (κ1) is 36.0. The van der Waals surface area contributed by atoms with Gasteiger partial charge < -0.3 is 16.0 Å². The molecular weight excluding hydrogens is 694 g/mol. The van der Waals surface area contributed by atoms with Crippen LogP contribution in [0.25, 0.3) is 6.08 Å². The molecule has 0 radical (unpaired) electrons. The molecule has 0 heterocycles. The second-order valence-corrected chi connectivity index (χ2v) is 11.6. The molecule has 0 saturated heterocycles. The Morgan fingerprint density at radius 1 is 0.792 bits per heavy atom. The van der Waals surface area contributed by atoms with Crippen molar-refractivity contribution in [1.29, 1.82) is 0 Å². The Morgan fingerprint density at radius 3 is 1.96 bits per heavy atom. The largest absolute Gasteiger partial charge is 0.422 e. The number of rotatable bonds is 9. The smallest absolute Gasteiger partial charge is 0.321 e. The summed E-state index contributed by atoms with van der Waals surface area (Å²) in [5.74, 6) is -13.8. The fourth-order valence-electron chi connectivity index (χ4n) is 4.02. The lowest BCUT2D eigenvalue weighted by Crippen LogP contribution is -2.30. The maximum absolute atomic E-state index is 14.5. The van der Waals surface area contributed by atoms with E-state index in [2.05, 4.69) is 10.6 Å². The summed E-state index contributed by atoms with van der Waals surface area (Å²) >= 11 is 6.88. The molecule has 16 heteroatoms. The molecule has 250 valence electrons. The zero-order valence-corrected chi connectivity index (χ0v) is 25.7. The number of carbonyl (C=O) groups excluding carboxylic acids is 3. The van der Waals surface area contributed by atoms with Gasteiger partial charge in [-0.2, -0.15) is 13.2 Å². The van der Waals surface area contributed by atoms with Gasteiger partial charge in [0, 0.05) is 21.7 Å². The van der Waals surface area contributed by atoms with E-state index in [1.807, 2.05) is 0 Å². The SMILES string of the molecule is CC(Sc1ccc(NC(=O)/C(=C/c2c(F)cccc2Cl)NC(=O)c2ccccc2)cc1)C(=O)Nc1c(F)c(F)c(C(F)(F)F)c(F)c1F. The summed E-state index contributed by atoms with van der Waals surface area (Å²) in [7, 11) is 0. The number of amides is 3. The van der Waals surface area contributed by atoms with E-state index in [9.17, 15) is 49.5 Å². The lowest BCUT2D eigenvalue weighted by Gasteiger charge is -2.16. The van der Waals surface area contributed by atoms with Gasteiger partial charge in [0.25, 0.3) is 11.8 Å². The van der Waals surface area contributed by atoms with Crippen LogP contribution >= 0.6 is 23.4 Å². The van der Waals surface area contributed by atoms with Crippen molar-refractivity contribution in [3.8, 4) is 0 Å². The van der Waals surface area contributed by atoms with Crippen LogP contribution < -0.4 is 16.0 Å². The number of thioether (sulfide) groups is 1. The molecule has 0 bridgehead atoms. The Balaban J connectivity index is 1.48. The van der Waals surface area contributed by atoms with E-state index < -0.39 is 69.5 Å². The Labute approximate surface area is 276 Å². The summed E-state index contributed by atoms with van der Waals surface area (Å²) in [6, 6.07) is 17.3. The van der Waals surface area contributed by atoms with Crippen LogP contribution in [0.4, 0.5) is 46.5 Å². The fourth-order valence-corrected chi connectivity index (χ4v) is 5.11. The van der Waals surface area contributed by atoms with Gasteiger partial charge in [0.15, 0.2) is 23.3 Å². The van der Waals surface area contributed by atoms with Crippen molar-refractivity contribution < 1.29 is 49.5 Å². The minimum absolute atomic E-state index is 0.0344. The summed E-state index contributed by atoms with van der Waals surface area (Å²) in [5.41, 5.74) is -4.67. The van der Waals surface area contributed by atoms with Crippen molar-refractivity contribution in [3.05, 3.63) is 129 Å². The predicted octanol–water partition coefficient (Wildman–Crippen LogP) is 8.58. The van der Waals surface area contributed by atoms with Crippen LogP contribution in [0.15, 0.2) is 83.4 Å². The van der Waals surface area contributed by atoms with E-state index in [-0.39, 0.29) is 27.5 Å². The molecule has 3 amide bonds. The number of alkyl halides is 3. The molecule has 0 aliphatic heterocycles. The van der Waals surface area contributed by atoms with Gasteiger partial charge in [-0.25, -0.2) is 22.0 Å². The molecule has 0 spiro atoms. The first-order valence-electron chi connectivity index (χ1n) is 13.4. The molecule has 48 heavy (non-hydrogen) atoms. The summed E-state index contributed by atoms with van der Waals surface area (Å²) in [6.45, 7) is 1.24. The molecule has 6 nitrogen and oxygen atoms in total. The van der Waals surface area contributed by atoms with Crippen LogP contribution in [0.5, 0.6) is 0 Å². The van der Waals surface area contributed by atoms with Gasteiger partial charge in [0.2, 0.25) is 5.91 Å². The number of hydrogen-bond donors (Lipinski definition) is 3. The lowest BCUT2D eigenvalue weighted by atomic mass is 10.1. The standard InChI is InChI=1S/C32H20ClF8N3O3S/c1-15(29(45)44-28-26(37)24(35)23(32(39,40)41)25(36)27(28)38)48-18-12-10-17(11-13-18)42-31(47)22(14-19-20(33)8-5-9-21(19)34)43-30(46)16-6-3-2-4-7-16/h2-15H,1H3,(H,42,47)(H,43,46)(H,44,45)/b22-14-. The van der Waals surface area contributed by atoms with Crippen LogP contribution in [0.2, 0.25) is 5.02 Å². The van der Waals surface area contributed by atoms with Gasteiger partial charge in [-0.1, -0.05) is 35.9 Å². The minimum atomic E-state index is -5.74. The van der Waals surface area contributed by atoms with Gasteiger partial charge >= 0.3 is 6.18 Å². The normalized spacial score (nSPS) is 12.3. The maximum atomic E-state index is 14.5. The van der Waals surface area contributed by atoms with E-state index in [0.717, 1.165) is 23.9 Å². The van der Waals surface area contributed by atoms with Crippen molar-refractivity contribution >= 4 is 58.5 Å². The quantitative estimate of drug-likeness (QED) is 0.0702. The Bertz CT molecular complexity index is 1860. The van der Waals surface area contributed by atoms with Crippen molar-refractivity contribution in [1.82, 2.24) is 5.32 Å². The molecule has 1 atom stereocenters. The number of hydrogen-bond acceptors (Lipinski definition) is 4. The van der Waals surface area contributed by atoms with Gasteiger partial charge in [-0.15, -0.1) is 11.8 Å². The number of anilines is 2. The second kappa shape index (κ2) is 14.9. The zero-order chi connectivity index (χ0) is 35.3. The first-order chi connectivity index (χ1) is 22.6. The molecule has 0 fully saturated rings. The highest BCUT2D eigenvalue weighted by Crippen LogP contribution is 2.39. The summed E-state index contributed by atoms with van der Waals surface area (Å²) in [6.07, 6.45) is -4.69. The Morgan fingerprint density at radius 2 is 1.40 bits per heavy atom. The average Bonchev–Trinajstić information content (AvgIpc) is 3.03. The van der Waals surface area contributed by atoms with Crippen LogP contribution in [-0.4, -0.2) is 23.0 Å². The second-order valence-electron chi connectivity index (χ2n) is 9.75. The van der Waals surface area contributed by atoms with Crippen molar-refractivity contribution in [2.45, 2.75) is 23.2 Å². The van der Waals surface area contributed by atoms with Crippen molar-refractivity contribution in [3.63, 3.8) is 0 Å². The van der Waals surface area contributed by atoms with Gasteiger partial charge in [0.1, 0.15) is 22.8 Å². The van der Waals surface area contributed by atoms with Gasteiger partial charge in [-0.05, 0) is 61.5 Å². The minimum Gasteiger partial charge on any atom is -0.321 e. The fraction of sp³-hybridized carbons (Fsp3) is 0.0938. The van der Waals surface area contributed by atoms with Crippen molar-refractivity contribution in [2.24, 2.45) is 0 Å². The van der Waals surface area contributed by atoms with Gasteiger partial charge in [-0.3, -0.25) is 14.4 Å². The summed E-state index contributed by atoms with van der Waals surface area (Å²) < 4.78 is 109. The van der Waals surface area contributed by atoms with E-state index in [1.54, 1.807) is 23.5 Å². The first-order valence-corrected chi connectivity index (χ1v) is 14.7. The monoisotopic (exact) mass is 713 g/mol. The zero-order valence-electron chi connectivity index (χ0n) is 24.1. The molecule has 4 aromatic carbocycles. The van der Waals surface area contributed by atoms with Crippen LogP contribution in [-0.2, 0) is 15.8 Å². The summed E-state index contributed by atoms with van der Waals surface area (Å²) in [5, 5.41) is 5.29. The molecule has 1 unspecified atom stereocenters. The Hall–Kier alpha value is -4.89. The number of carbonyl (C=O) groups is 3. The molecule has 0 saturated carbocycles. The van der Waals surface area contributed by atoms with E-state index in [4.69, 9.17) is 11.6 Å². The Kier molecular flexibility index (Phi) is 11.2. The number of halogens is 9. The average molecular weight is 714 g/mol. The van der Waals surface area contributed by atoms with E-state index in [0.29, 0.717) is 4.90 Å². The third-order valence-electron chi connectivity index (χ3n) is 6.41. The van der Waals surface area contributed by atoms with Crippen molar-refractivity contribution in [2.75, 3.05) is 10.6 Å². The highest BCUT2D eigenvalue weighted by Gasteiger charge is 2.42. The summed E-state index contributed by atoms with van der Waals surface area (Å²) in [4.78, 5) is 38.9. The molecule has 4 aromatic rings. The molecule has 0 aliphatic rings. The highest BCUT2D eigenvalue weighted by atomic mass is 35.5. The third-order valence-corrected chi connectivity index (χ3v) is 7.85. The molecule has 3 N–H and O–H groups in total. The lowest BCUT2D eigenvalue weighted by molar-refractivity contribution is -0.143. The van der Waals surface area contributed by atoms with Crippen LogP contribution in [0.3, 0.4) is 0 Å². The molecule has 4 rings (SSSR count). The molecule has 0 aliphatic carbocycles. The van der Waals surface area contributed by atoms with E-state index >= 15 is 0 Å². The maximum Gasteiger partial charge on any atom is 0.422 e. The van der Waals surface area contributed by atoms with E-state index in [1.165, 1.54) is 55.5 Å². The third kappa shape index (κ3) is 8.33. The topological polar surface area (TPSA) is 87.3 Å². The van der Waals surface area contributed by atoms with Gasteiger partial charge in [0.05, 0.1) is 10.3 Å². The van der Waals surface area contributed by atoms with Crippen LogP contribution in [0, 0.1) is 29.1 Å². The van der Waals surface area contributed by atoms with Crippen LogP contribution in [0.1, 0.15) is 28.4 Å².